The molecule has 0 bridgehead atoms. The number of carbonyl (C=O) groups is 3. The summed E-state index contributed by atoms with van der Waals surface area (Å²) in [5.41, 5.74) is 1.47. The van der Waals surface area contributed by atoms with E-state index < -0.39 is 17.3 Å². The number of hydrogen-bond acceptors (Lipinski definition) is 4. The molecule has 0 radical (unpaired) electrons. The van der Waals surface area contributed by atoms with Gasteiger partial charge in [-0.05, 0) is 18.6 Å². The predicted molar refractivity (Wildman–Crippen MR) is 76.8 cm³/mol. The molecule has 1 aliphatic heterocycles. The third-order valence-electron chi connectivity index (χ3n) is 3.19. The molecule has 0 saturated heterocycles. The molecule has 20 heavy (non-hydrogen) atoms. The van der Waals surface area contributed by atoms with E-state index in [2.05, 4.69) is 0 Å². The minimum Gasteiger partial charge on any atom is -0.480 e. The van der Waals surface area contributed by atoms with Crippen molar-refractivity contribution in [3.63, 3.8) is 0 Å². The number of aliphatic carboxylic acids is 1. The summed E-state index contributed by atoms with van der Waals surface area (Å²) < 4.78 is 0. The van der Waals surface area contributed by atoms with E-state index >= 15 is 0 Å². The van der Waals surface area contributed by atoms with Crippen LogP contribution in [-0.4, -0.2) is 33.4 Å². The Kier molecular flexibility index (Phi) is 4.13. The van der Waals surface area contributed by atoms with E-state index in [4.69, 9.17) is 0 Å². The zero-order chi connectivity index (χ0) is 14.9. The molecule has 1 aromatic carbocycles. The molecule has 2 atom stereocenters. The average Bonchev–Trinajstić information content (AvgIpc) is 2.76. The number of rotatable bonds is 3. The predicted octanol–water partition coefficient (Wildman–Crippen LogP) is 1.70. The van der Waals surface area contributed by atoms with Crippen LogP contribution < -0.4 is 4.90 Å². The summed E-state index contributed by atoms with van der Waals surface area (Å²) in [4.78, 5) is 36.2. The van der Waals surface area contributed by atoms with E-state index in [9.17, 15) is 19.5 Å². The maximum Gasteiger partial charge on any atom is 0.327 e. The summed E-state index contributed by atoms with van der Waals surface area (Å²) in [7, 11) is 0. The molecule has 1 aromatic rings. The van der Waals surface area contributed by atoms with Gasteiger partial charge in [-0.25, -0.2) is 4.79 Å². The largest absolute Gasteiger partial charge is 0.480 e. The van der Waals surface area contributed by atoms with E-state index in [1.165, 1.54) is 11.8 Å². The fourth-order valence-corrected chi connectivity index (χ4v) is 3.06. The highest BCUT2D eigenvalue weighted by molar-refractivity contribution is 8.14. The van der Waals surface area contributed by atoms with Crippen LogP contribution in [0, 0.1) is 0 Å². The number of carboxylic acids is 1. The highest BCUT2D eigenvalue weighted by Crippen LogP contribution is 2.33. The molecule has 5 nitrogen and oxygen atoms in total. The summed E-state index contributed by atoms with van der Waals surface area (Å²) >= 11 is 0.915. The van der Waals surface area contributed by atoms with E-state index in [0.717, 1.165) is 17.3 Å². The monoisotopic (exact) mass is 293 g/mol. The lowest BCUT2D eigenvalue weighted by molar-refractivity contribution is -0.139. The summed E-state index contributed by atoms with van der Waals surface area (Å²) in [6.07, 6.45) is 0.300. The van der Waals surface area contributed by atoms with Gasteiger partial charge in [0, 0.05) is 19.0 Å². The van der Waals surface area contributed by atoms with Crippen molar-refractivity contribution in [3.05, 3.63) is 29.8 Å². The minimum atomic E-state index is -1.03. The molecule has 0 saturated carbocycles. The quantitative estimate of drug-likeness (QED) is 0.918. The molecule has 0 aliphatic carbocycles. The first-order valence-electron chi connectivity index (χ1n) is 6.23. The lowest BCUT2D eigenvalue weighted by atomic mass is 10.1. The molecule has 1 amide bonds. The fraction of sp³-hybridized carbons (Fsp3) is 0.357. The second kappa shape index (κ2) is 5.66. The SMILES string of the molecule is CC(=O)SC(C)C(=O)N1c2ccccc2CC1C(=O)O. The van der Waals surface area contributed by atoms with Crippen molar-refractivity contribution in [3.8, 4) is 0 Å². The lowest BCUT2D eigenvalue weighted by Gasteiger charge is -2.25. The zero-order valence-electron chi connectivity index (χ0n) is 11.2. The summed E-state index contributed by atoms with van der Waals surface area (Å²) in [5.74, 6) is -1.38. The number of amides is 1. The number of carboxylic acid groups (broad SMARTS) is 1. The van der Waals surface area contributed by atoms with Crippen molar-refractivity contribution >= 4 is 34.4 Å². The van der Waals surface area contributed by atoms with Gasteiger partial charge in [0.25, 0.3) is 0 Å². The molecule has 0 fully saturated rings. The topological polar surface area (TPSA) is 74.7 Å². The molecule has 6 heteroatoms. The molecule has 1 aliphatic rings. The number of fused-ring (bicyclic) bond motifs is 1. The molecular formula is C14H15NO4S. The van der Waals surface area contributed by atoms with Gasteiger partial charge >= 0.3 is 5.97 Å². The molecular weight excluding hydrogens is 278 g/mol. The molecule has 0 aromatic heterocycles. The fourth-order valence-electron chi connectivity index (χ4n) is 2.35. The van der Waals surface area contributed by atoms with Crippen LogP contribution >= 0.6 is 11.8 Å². The highest BCUT2D eigenvalue weighted by Gasteiger charge is 2.39. The van der Waals surface area contributed by atoms with Crippen LogP contribution in [0.3, 0.4) is 0 Å². The molecule has 2 unspecified atom stereocenters. The van der Waals surface area contributed by atoms with Gasteiger partial charge in [-0.1, -0.05) is 30.0 Å². The number of nitrogens with zero attached hydrogens (tertiary/aromatic N) is 1. The smallest absolute Gasteiger partial charge is 0.327 e. The molecule has 106 valence electrons. The Labute approximate surface area is 121 Å². The molecule has 2 rings (SSSR count). The number of carbonyl (C=O) groups excluding carboxylic acids is 2. The maximum atomic E-state index is 12.4. The first-order valence-corrected chi connectivity index (χ1v) is 7.10. The van der Waals surface area contributed by atoms with Crippen LogP contribution in [0.25, 0.3) is 0 Å². The first kappa shape index (κ1) is 14.6. The zero-order valence-corrected chi connectivity index (χ0v) is 12.0. The average molecular weight is 293 g/mol. The highest BCUT2D eigenvalue weighted by atomic mass is 32.2. The number of benzene rings is 1. The van der Waals surface area contributed by atoms with Gasteiger partial charge in [0.05, 0.1) is 5.25 Å². The van der Waals surface area contributed by atoms with Crippen molar-refractivity contribution in [2.24, 2.45) is 0 Å². The number of thioether (sulfide) groups is 1. The van der Waals surface area contributed by atoms with Gasteiger partial charge in [0.1, 0.15) is 6.04 Å². The Morgan fingerprint density at radius 1 is 1.35 bits per heavy atom. The summed E-state index contributed by atoms with van der Waals surface area (Å²) in [6, 6.07) is 6.25. The Balaban J connectivity index is 2.33. The van der Waals surface area contributed by atoms with Crippen LogP contribution in [0.1, 0.15) is 19.4 Å². The van der Waals surface area contributed by atoms with Crippen molar-refractivity contribution in [2.45, 2.75) is 31.6 Å². The molecule has 0 spiro atoms. The Morgan fingerprint density at radius 3 is 2.60 bits per heavy atom. The van der Waals surface area contributed by atoms with Crippen LogP contribution in [0.4, 0.5) is 5.69 Å². The Bertz CT molecular complexity index is 572. The third kappa shape index (κ3) is 2.70. The second-order valence-corrected chi connectivity index (χ2v) is 6.16. The van der Waals surface area contributed by atoms with Crippen LogP contribution in [-0.2, 0) is 20.8 Å². The summed E-state index contributed by atoms with van der Waals surface area (Å²) in [6.45, 7) is 3.01. The van der Waals surface area contributed by atoms with Crippen LogP contribution in [0.2, 0.25) is 0 Å². The molecule has 1 N–H and O–H groups in total. The van der Waals surface area contributed by atoms with Gasteiger partial charge in [-0.2, -0.15) is 0 Å². The van der Waals surface area contributed by atoms with E-state index in [-0.39, 0.29) is 11.0 Å². The van der Waals surface area contributed by atoms with Crippen molar-refractivity contribution in [2.75, 3.05) is 4.90 Å². The maximum absolute atomic E-state index is 12.4. The number of hydrogen-bond donors (Lipinski definition) is 1. The van der Waals surface area contributed by atoms with Crippen molar-refractivity contribution in [1.29, 1.82) is 0 Å². The van der Waals surface area contributed by atoms with E-state index in [0.29, 0.717) is 12.1 Å². The Hall–Kier alpha value is -1.82. The standard InChI is InChI=1S/C14H15NO4S/c1-8(20-9(2)16)13(17)15-11-6-4-3-5-10(11)7-12(15)14(18)19/h3-6,8,12H,7H2,1-2H3,(H,18,19). The number of anilines is 1. The van der Waals surface area contributed by atoms with Crippen molar-refractivity contribution in [1.82, 2.24) is 0 Å². The number of para-hydroxylation sites is 1. The summed E-state index contributed by atoms with van der Waals surface area (Å²) in [5, 5.41) is 8.54. The van der Waals surface area contributed by atoms with E-state index in [1.807, 2.05) is 12.1 Å². The van der Waals surface area contributed by atoms with E-state index in [1.54, 1.807) is 19.1 Å². The van der Waals surface area contributed by atoms with Gasteiger partial charge in [-0.3, -0.25) is 14.5 Å². The lowest BCUT2D eigenvalue weighted by Crippen LogP contribution is -2.46. The van der Waals surface area contributed by atoms with Gasteiger partial charge in [0.2, 0.25) is 5.91 Å². The third-order valence-corrected chi connectivity index (χ3v) is 4.08. The van der Waals surface area contributed by atoms with Crippen molar-refractivity contribution < 1.29 is 19.5 Å². The van der Waals surface area contributed by atoms with Gasteiger partial charge in [0.15, 0.2) is 5.12 Å². The first-order chi connectivity index (χ1) is 9.41. The minimum absolute atomic E-state index is 0.162. The molecule has 1 heterocycles. The van der Waals surface area contributed by atoms with Gasteiger partial charge in [-0.15, -0.1) is 0 Å². The second-order valence-electron chi connectivity index (χ2n) is 4.65. The normalized spacial score (nSPS) is 18.5. The van der Waals surface area contributed by atoms with Crippen LogP contribution in [0.5, 0.6) is 0 Å². The Morgan fingerprint density at radius 2 is 2.00 bits per heavy atom. The van der Waals surface area contributed by atoms with Crippen LogP contribution in [0.15, 0.2) is 24.3 Å². The van der Waals surface area contributed by atoms with Gasteiger partial charge < -0.3 is 5.11 Å².